The van der Waals surface area contributed by atoms with Gasteiger partial charge in [-0.25, -0.2) is 0 Å². The van der Waals surface area contributed by atoms with Crippen molar-refractivity contribution >= 4 is 11.9 Å². The quantitative estimate of drug-likeness (QED) is 0.448. The minimum Gasteiger partial charge on any atom is -0.481 e. The van der Waals surface area contributed by atoms with E-state index in [1.807, 2.05) is 0 Å². The first-order chi connectivity index (χ1) is 9.32. The molecule has 0 unspecified atom stereocenters. The second-order valence-corrected chi connectivity index (χ2v) is 3.94. The van der Waals surface area contributed by atoms with Gasteiger partial charge in [-0.1, -0.05) is 6.07 Å². The predicted octanol–water partition coefficient (Wildman–Crippen LogP) is -0.0485. The molecule has 1 heterocycles. The number of hydrogen-bond donors (Lipinski definition) is 4. The zero-order chi connectivity index (χ0) is 15.3. The molecular formula is C12H15NO7. The van der Waals surface area contributed by atoms with Crippen LogP contribution in [-0.4, -0.2) is 40.1 Å². The molecule has 0 aliphatic carbocycles. The van der Waals surface area contributed by atoms with Crippen LogP contribution in [0.1, 0.15) is 18.6 Å². The number of fused-ring (bicyclic) bond motifs is 1. The van der Waals surface area contributed by atoms with Crippen molar-refractivity contribution < 1.29 is 34.4 Å². The first-order valence-corrected chi connectivity index (χ1v) is 5.58. The molecule has 0 amide bonds. The Hall–Kier alpha value is -2.32. The minimum atomic E-state index is -1.36. The average molecular weight is 288 g/mol. The van der Waals surface area contributed by atoms with E-state index in [2.05, 4.69) is 0 Å². The number of rotatable bonds is 3. The molecule has 1 aromatic carbocycles. The summed E-state index contributed by atoms with van der Waals surface area (Å²) < 4.78 is 10.2. The lowest BCUT2D eigenvalue weighted by Crippen LogP contribution is -2.36. The van der Waals surface area contributed by atoms with Gasteiger partial charge >= 0.3 is 5.97 Å². The summed E-state index contributed by atoms with van der Waals surface area (Å²) in [7, 11) is 0. The van der Waals surface area contributed by atoms with Crippen molar-refractivity contribution in [3.05, 3.63) is 23.8 Å². The third-order valence-corrected chi connectivity index (χ3v) is 2.36. The Morgan fingerprint density at radius 3 is 2.35 bits per heavy atom. The fourth-order valence-corrected chi connectivity index (χ4v) is 1.44. The van der Waals surface area contributed by atoms with Crippen LogP contribution in [-0.2, 0) is 9.59 Å². The molecule has 0 radical (unpaired) electrons. The van der Waals surface area contributed by atoms with Crippen molar-refractivity contribution in [2.45, 2.75) is 19.1 Å². The van der Waals surface area contributed by atoms with E-state index in [0.29, 0.717) is 17.1 Å². The Kier molecular flexibility index (Phi) is 5.30. The van der Waals surface area contributed by atoms with Crippen molar-refractivity contribution in [3.8, 4) is 11.5 Å². The maximum absolute atomic E-state index is 10.6. The SMILES string of the molecule is CC(=O)O.[15NH2][13C@@H]([C@@H](O)c1ccc2c(c1)OCO2)[13C](=O)O. The zero-order valence-electron chi connectivity index (χ0n) is 10.6. The Morgan fingerprint density at radius 1 is 1.25 bits per heavy atom. The summed E-state index contributed by atoms with van der Waals surface area (Å²) in [5.74, 6) is -1.04. The highest BCUT2D eigenvalue weighted by Crippen LogP contribution is 2.34. The fourth-order valence-electron chi connectivity index (χ4n) is 1.44. The zero-order valence-corrected chi connectivity index (χ0v) is 10.6. The van der Waals surface area contributed by atoms with E-state index < -0.39 is 24.1 Å². The van der Waals surface area contributed by atoms with E-state index in [0.717, 1.165) is 6.92 Å². The van der Waals surface area contributed by atoms with Gasteiger partial charge in [0.15, 0.2) is 11.5 Å². The summed E-state index contributed by atoms with van der Waals surface area (Å²) in [6, 6.07) is 3.33. The highest BCUT2D eigenvalue weighted by atomic mass is 16.7. The van der Waals surface area contributed by atoms with Gasteiger partial charge in [0, 0.05) is 6.92 Å². The lowest BCUT2D eigenvalue weighted by molar-refractivity contribution is -0.141. The Morgan fingerprint density at radius 2 is 1.80 bits per heavy atom. The Balaban J connectivity index is 0.000000444. The summed E-state index contributed by atoms with van der Waals surface area (Å²) in [5.41, 5.74) is 5.70. The van der Waals surface area contributed by atoms with E-state index >= 15 is 0 Å². The highest BCUT2D eigenvalue weighted by Gasteiger charge is 2.25. The number of benzene rings is 1. The van der Waals surface area contributed by atoms with Crippen molar-refractivity contribution in [1.29, 1.82) is 0 Å². The van der Waals surface area contributed by atoms with E-state index in [1.165, 1.54) is 6.07 Å². The molecule has 0 fully saturated rings. The predicted molar refractivity (Wildman–Crippen MR) is 66.4 cm³/mol. The second-order valence-electron chi connectivity index (χ2n) is 3.94. The van der Waals surface area contributed by atoms with Crippen LogP contribution < -0.4 is 15.2 Å². The number of carboxylic acids is 2. The third-order valence-electron chi connectivity index (χ3n) is 2.36. The van der Waals surface area contributed by atoms with Gasteiger partial charge in [-0.15, -0.1) is 0 Å². The molecule has 1 aromatic rings. The van der Waals surface area contributed by atoms with Crippen LogP contribution in [0, 0.1) is 0 Å². The Labute approximate surface area is 114 Å². The molecule has 0 aromatic heterocycles. The van der Waals surface area contributed by atoms with Gasteiger partial charge in [0.1, 0.15) is 12.1 Å². The van der Waals surface area contributed by atoms with Gasteiger partial charge in [-0.05, 0) is 17.7 Å². The largest absolute Gasteiger partial charge is 0.481 e. The van der Waals surface area contributed by atoms with Crippen LogP contribution in [0.2, 0.25) is 0 Å². The van der Waals surface area contributed by atoms with Crippen LogP contribution in [0.5, 0.6) is 11.5 Å². The molecule has 2 atom stereocenters. The monoisotopic (exact) mass is 288 g/mol. The molecule has 5 N–H and O–H groups in total. The number of hydrogen-bond acceptors (Lipinski definition) is 6. The van der Waals surface area contributed by atoms with Gasteiger partial charge in [-0.3, -0.25) is 9.59 Å². The van der Waals surface area contributed by atoms with Crippen LogP contribution >= 0.6 is 0 Å². The summed E-state index contributed by atoms with van der Waals surface area (Å²) >= 11 is 0. The van der Waals surface area contributed by atoms with Crippen molar-refractivity contribution in [1.82, 2.24) is 0 Å². The van der Waals surface area contributed by atoms with Crippen molar-refractivity contribution in [2.75, 3.05) is 6.79 Å². The maximum Gasteiger partial charge on any atom is 0.323 e. The fraction of sp³-hybridized carbons (Fsp3) is 0.333. The number of ether oxygens (including phenoxy) is 2. The summed E-state index contributed by atoms with van der Waals surface area (Å²) in [4.78, 5) is 19.6. The molecule has 110 valence electrons. The summed E-state index contributed by atoms with van der Waals surface area (Å²) in [5, 5.41) is 25.8. The van der Waals surface area contributed by atoms with Gasteiger partial charge in [-0.2, -0.15) is 0 Å². The molecule has 0 bridgehead atoms. The molecule has 1 aliphatic rings. The first kappa shape index (κ1) is 15.7. The Bertz CT molecular complexity index is 499. The number of carboxylic acid groups (broad SMARTS) is 2. The highest BCUT2D eigenvalue weighted by molar-refractivity contribution is 5.74. The molecule has 0 saturated heterocycles. The van der Waals surface area contributed by atoms with E-state index in [-0.39, 0.29) is 6.79 Å². The summed E-state index contributed by atoms with van der Waals surface area (Å²) in [6.07, 6.45) is -1.27. The first-order valence-electron chi connectivity index (χ1n) is 5.58. The van der Waals surface area contributed by atoms with E-state index in [4.69, 9.17) is 30.2 Å². The number of aliphatic hydroxyl groups excluding tert-OH is 1. The summed E-state index contributed by atoms with van der Waals surface area (Å²) in [6.45, 7) is 1.21. The standard InChI is InChI=1S/C10H11NO5.C2H4O2/c11-8(10(13)14)9(12)5-1-2-6-7(3-5)16-4-15-6;1-2(3)4/h1-3,8-9,12H,4,11H2,(H,13,14);1H3,(H,3,4)/t8-,9-;/m0./s1/i8+1,10+1,11+1;. The maximum atomic E-state index is 10.6. The van der Waals surface area contributed by atoms with Crippen LogP contribution in [0.25, 0.3) is 0 Å². The topological polar surface area (TPSA) is 139 Å². The number of aliphatic carboxylic acids is 2. The lowest BCUT2D eigenvalue weighted by Gasteiger charge is -2.15. The smallest absolute Gasteiger partial charge is 0.323 e. The van der Waals surface area contributed by atoms with Crippen LogP contribution in [0.3, 0.4) is 0 Å². The van der Waals surface area contributed by atoms with E-state index in [9.17, 15) is 9.90 Å². The second kappa shape index (κ2) is 6.73. The normalized spacial score (nSPS) is 14.8. The van der Waals surface area contributed by atoms with Crippen LogP contribution in [0.4, 0.5) is 0 Å². The number of nitrogens with two attached hydrogens (primary N) is 1. The molecule has 0 saturated carbocycles. The minimum absolute atomic E-state index is 0.125. The van der Waals surface area contributed by atoms with Crippen molar-refractivity contribution in [3.63, 3.8) is 0 Å². The average Bonchev–Trinajstić information content (AvgIpc) is 2.83. The molecule has 20 heavy (non-hydrogen) atoms. The van der Waals surface area contributed by atoms with Gasteiger partial charge < -0.3 is 30.5 Å². The number of carbonyl (C=O) groups is 2. The van der Waals surface area contributed by atoms with Gasteiger partial charge in [0.2, 0.25) is 6.79 Å². The molecule has 2 rings (SSSR count). The molecule has 1 aliphatic heterocycles. The van der Waals surface area contributed by atoms with Gasteiger partial charge in [0.25, 0.3) is 5.97 Å². The molecule has 0 spiro atoms. The van der Waals surface area contributed by atoms with Crippen molar-refractivity contribution in [2.24, 2.45) is 5.73 Å². The third kappa shape index (κ3) is 4.11. The lowest BCUT2D eigenvalue weighted by atomic mass is 10.1. The van der Waals surface area contributed by atoms with E-state index in [1.54, 1.807) is 12.1 Å². The molecular weight excluding hydrogens is 273 g/mol. The molecule has 8 nitrogen and oxygen atoms in total. The molecule has 8 heteroatoms. The number of aliphatic hydroxyl groups is 1. The van der Waals surface area contributed by atoms with Crippen LogP contribution in [0.15, 0.2) is 18.2 Å². The van der Waals surface area contributed by atoms with Gasteiger partial charge in [0.05, 0.1) is 0 Å².